The van der Waals surface area contributed by atoms with E-state index in [4.69, 9.17) is 0 Å². The van der Waals surface area contributed by atoms with Gasteiger partial charge < -0.3 is 4.90 Å². The lowest BCUT2D eigenvalue weighted by Gasteiger charge is -2.33. The lowest BCUT2D eigenvalue weighted by Crippen LogP contribution is -2.60. The number of carbonyl (C=O) groups excluding carboxylic acids is 3. The number of likely N-dealkylation sites (N-methyl/N-ethyl adjacent to an activating group) is 1. The Morgan fingerprint density at radius 3 is 2.50 bits per heavy atom. The average Bonchev–Trinajstić information content (AvgIpc) is 2.91. The van der Waals surface area contributed by atoms with E-state index in [0.29, 0.717) is 13.1 Å². The number of imide groups is 2. The minimum atomic E-state index is -0.665. The number of urea groups is 1. The van der Waals surface area contributed by atoms with Gasteiger partial charge in [0, 0.05) is 13.1 Å². The summed E-state index contributed by atoms with van der Waals surface area (Å²) in [5.41, 5.74) is 0. The van der Waals surface area contributed by atoms with Crippen LogP contribution in [0.2, 0.25) is 0 Å². The lowest BCUT2D eigenvalue weighted by molar-refractivity contribution is -0.145. The van der Waals surface area contributed by atoms with Gasteiger partial charge in [0.2, 0.25) is 11.8 Å². The number of nitrogens with one attached hydrogen (secondary N) is 1. The molecular weight excluding hydrogens is 258 g/mol. The Labute approximate surface area is 119 Å². The molecule has 1 saturated heterocycles. The molecule has 0 aromatic heterocycles. The normalized spacial score (nSPS) is 24.6. The third-order valence-corrected chi connectivity index (χ3v) is 4.41. The Morgan fingerprint density at radius 1 is 1.25 bits per heavy atom. The second-order valence-corrected chi connectivity index (χ2v) is 5.70. The van der Waals surface area contributed by atoms with Crippen molar-refractivity contribution in [3.63, 3.8) is 0 Å². The monoisotopic (exact) mass is 281 g/mol. The highest BCUT2D eigenvalue weighted by molar-refractivity contribution is 6.16. The zero-order valence-corrected chi connectivity index (χ0v) is 12.2. The molecule has 112 valence electrons. The summed E-state index contributed by atoms with van der Waals surface area (Å²) in [5, 5.41) is 2.34. The Balaban J connectivity index is 2.05. The van der Waals surface area contributed by atoms with Crippen molar-refractivity contribution in [1.82, 2.24) is 15.1 Å². The molecule has 2 aliphatic rings. The SMILES string of the molecule is CCN(C)CCN1C(=O)NC(=O)C(C2CCCC2)C1=O. The summed E-state index contributed by atoms with van der Waals surface area (Å²) in [6.07, 6.45) is 3.93. The summed E-state index contributed by atoms with van der Waals surface area (Å²) in [6, 6.07) is -0.571. The van der Waals surface area contributed by atoms with E-state index in [1.807, 2.05) is 18.9 Å². The molecule has 2 rings (SSSR count). The van der Waals surface area contributed by atoms with Gasteiger partial charge in [-0.2, -0.15) is 0 Å². The first kappa shape index (κ1) is 15.0. The molecule has 0 aromatic rings. The van der Waals surface area contributed by atoms with Crippen LogP contribution in [0.15, 0.2) is 0 Å². The second kappa shape index (κ2) is 6.35. The van der Waals surface area contributed by atoms with Crippen molar-refractivity contribution in [2.24, 2.45) is 11.8 Å². The molecule has 20 heavy (non-hydrogen) atoms. The van der Waals surface area contributed by atoms with Gasteiger partial charge in [0.15, 0.2) is 0 Å². The zero-order chi connectivity index (χ0) is 14.7. The minimum Gasteiger partial charge on any atom is -0.305 e. The maximum atomic E-state index is 12.5. The highest BCUT2D eigenvalue weighted by Gasteiger charge is 2.44. The Bertz CT molecular complexity index is 404. The van der Waals surface area contributed by atoms with Gasteiger partial charge in [-0.3, -0.25) is 19.8 Å². The Hall–Kier alpha value is -1.43. The molecule has 2 fully saturated rings. The fourth-order valence-electron chi connectivity index (χ4n) is 2.98. The van der Waals surface area contributed by atoms with Crippen LogP contribution in [-0.4, -0.2) is 54.3 Å². The van der Waals surface area contributed by atoms with Crippen molar-refractivity contribution >= 4 is 17.8 Å². The maximum absolute atomic E-state index is 12.5. The summed E-state index contributed by atoms with van der Waals surface area (Å²) in [5.74, 6) is -1.29. The lowest BCUT2D eigenvalue weighted by atomic mass is 9.87. The van der Waals surface area contributed by atoms with Gasteiger partial charge in [0.1, 0.15) is 5.92 Å². The van der Waals surface area contributed by atoms with Gasteiger partial charge in [-0.05, 0) is 32.4 Å². The van der Waals surface area contributed by atoms with Crippen LogP contribution in [0.1, 0.15) is 32.6 Å². The molecule has 0 aromatic carbocycles. The predicted molar refractivity (Wildman–Crippen MR) is 73.9 cm³/mol. The first-order chi connectivity index (χ1) is 9.54. The van der Waals surface area contributed by atoms with Crippen molar-refractivity contribution in [3.05, 3.63) is 0 Å². The van der Waals surface area contributed by atoms with Crippen LogP contribution in [0.3, 0.4) is 0 Å². The van der Waals surface area contributed by atoms with Gasteiger partial charge in [-0.25, -0.2) is 4.79 Å². The third-order valence-electron chi connectivity index (χ3n) is 4.41. The van der Waals surface area contributed by atoms with Crippen molar-refractivity contribution in [2.75, 3.05) is 26.7 Å². The molecule has 1 saturated carbocycles. The third kappa shape index (κ3) is 3.00. The summed E-state index contributed by atoms with van der Waals surface area (Å²) in [6.45, 7) is 3.84. The number of nitrogens with zero attached hydrogens (tertiary/aromatic N) is 2. The molecular formula is C14H23N3O3. The standard InChI is InChI=1S/C14H23N3O3/c1-3-16(2)8-9-17-13(19)11(10-6-4-5-7-10)12(18)15-14(17)20/h10-11H,3-9H2,1-2H3,(H,15,18,20). The maximum Gasteiger partial charge on any atom is 0.330 e. The first-order valence-corrected chi connectivity index (χ1v) is 7.39. The van der Waals surface area contributed by atoms with Crippen LogP contribution in [0.5, 0.6) is 0 Å². The van der Waals surface area contributed by atoms with E-state index in [-0.39, 0.29) is 11.8 Å². The van der Waals surface area contributed by atoms with Gasteiger partial charge >= 0.3 is 6.03 Å². The van der Waals surface area contributed by atoms with Crippen LogP contribution in [0, 0.1) is 11.8 Å². The molecule has 4 amide bonds. The quantitative estimate of drug-likeness (QED) is 0.758. The minimum absolute atomic E-state index is 0.0991. The van der Waals surface area contributed by atoms with Crippen molar-refractivity contribution in [1.29, 1.82) is 0 Å². The molecule has 1 aliphatic heterocycles. The Morgan fingerprint density at radius 2 is 1.90 bits per heavy atom. The fourth-order valence-corrected chi connectivity index (χ4v) is 2.98. The van der Waals surface area contributed by atoms with Gasteiger partial charge in [-0.15, -0.1) is 0 Å². The van der Waals surface area contributed by atoms with E-state index < -0.39 is 17.9 Å². The number of hydrogen-bond donors (Lipinski definition) is 1. The van der Waals surface area contributed by atoms with Crippen LogP contribution in [0.4, 0.5) is 4.79 Å². The summed E-state index contributed by atoms with van der Waals surface area (Å²) in [4.78, 5) is 39.5. The van der Waals surface area contributed by atoms with Crippen molar-refractivity contribution in [3.8, 4) is 0 Å². The van der Waals surface area contributed by atoms with Gasteiger partial charge in [-0.1, -0.05) is 19.8 Å². The van der Waals surface area contributed by atoms with E-state index in [9.17, 15) is 14.4 Å². The van der Waals surface area contributed by atoms with Gasteiger partial charge in [0.05, 0.1) is 0 Å². The van der Waals surface area contributed by atoms with Crippen LogP contribution < -0.4 is 5.32 Å². The van der Waals surface area contributed by atoms with E-state index in [2.05, 4.69) is 5.32 Å². The van der Waals surface area contributed by atoms with E-state index in [1.165, 1.54) is 4.90 Å². The van der Waals surface area contributed by atoms with E-state index >= 15 is 0 Å². The molecule has 1 aliphatic carbocycles. The molecule has 1 atom stereocenters. The summed E-state index contributed by atoms with van der Waals surface area (Å²) in [7, 11) is 1.94. The highest BCUT2D eigenvalue weighted by atomic mass is 16.2. The molecule has 1 N–H and O–H groups in total. The van der Waals surface area contributed by atoms with E-state index in [0.717, 1.165) is 32.2 Å². The topological polar surface area (TPSA) is 69.7 Å². The fraction of sp³-hybridized carbons (Fsp3) is 0.786. The number of barbiturate groups is 1. The number of carbonyl (C=O) groups is 3. The molecule has 6 nitrogen and oxygen atoms in total. The number of rotatable bonds is 5. The molecule has 0 radical (unpaired) electrons. The molecule has 1 heterocycles. The smallest absolute Gasteiger partial charge is 0.305 e. The van der Waals surface area contributed by atoms with Crippen molar-refractivity contribution in [2.45, 2.75) is 32.6 Å². The molecule has 0 bridgehead atoms. The molecule has 6 heteroatoms. The zero-order valence-electron chi connectivity index (χ0n) is 12.2. The van der Waals surface area contributed by atoms with Crippen LogP contribution >= 0.6 is 0 Å². The van der Waals surface area contributed by atoms with Gasteiger partial charge in [0.25, 0.3) is 0 Å². The predicted octanol–water partition coefficient (Wildman–Crippen LogP) is 0.823. The highest BCUT2D eigenvalue weighted by Crippen LogP contribution is 2.33. The number of amides is 4. The molecule has 0 spiro atoms. The summed E-state index contributed by atoms with van der Waals surface area (Å²) >= 11 is 0. The second-order valence-electron chi connectivity index (χ2n) is 5.70. The largest absolute Gasteiger partial charge is 0.330 e. The van der Waals surface area contributed by atoms with Crippen molar-refractivity contribution < 1.29 is 14.4 Å². The summed E-state index contributed by atoms with van der Waals surface area (Å²) < 4.78 is 0. The average molecular weight is 281 g/mol. The van der Waals surface area contributed by atoms with Crippen LogP contribution in [-0.2, 0) is 9.59 Å². The Kier molecular flexibility index (Phi) is 4.75. The first-order valence-electron chi connectivity index (χ1n) is 7.39. The molecule has 1 unspecified atom stereocenters. The number of hydrogen-bond acceptors (Lipinski definition) is 4. The van der Waals surface area contributed by atoms with E-state index in [1.54, 1.807) is 0 Å². The van der Waals surface area contributed by atoms with Crippen LogP contribution in [0.25, 0.3) is 0 Å².